The average Bonchev–Trinajstić information content (AvgIpc) is 3.10. The van der Waals surface area contributed by atoms with Gasteiger partial charge in [-0.2, -0.15) is 0 Å². The van der Waals surface area contributed by atoms with E-state index >= 15 is 0 Å². The summed E-state index contributed by atoms with van der Waals surface area (Å²) >= 11 is 0. The molecule has 0 radical (unpaired) electrons. The van der Waals surface area contributed by atoms with Crippen molar-refractivity contribution in [1.29, 1.82) is 0 Å². The molecule has 1 aliphatic rings. The first-order valence-electron chi connectivity index (χ1n) is 7.81. The minimum atomic E-state index is -0.656. The first-order valence-corrected chi connectivity index (χ1v) is 7.81. The highest BCUT2D eigenvalue weighted by Crippen LogP contribution is 2.30. The highest BCUT2D eigenvalue weighted by atomic mass is 19.1. The van der Waals surface area contributed by atoms with Crippen molar-refractivity contribution in [1.82, 2.24) is 15.4 Å². The predicted molar refractivity (Wildman–Crippen MR) is 89.5 cm³/mol. The Morgan fingerprint density at radius 3 is 2.58 bits per heavy atom. The van der Waals surface area contributed by atoms with Crippen LogP contribution in [0.2, 0.25) is 0 Å². The van der Waals surface area contributed by atoms with E-state index in [1.165, 1.54) is 36.9 Å². The third kappa shape index (κ3) is 3.38. The van der Waals surface area contributed by atoms with Gasteiger partial charge in [-0.1, -0.05) is 24.3 Å². The van der Waals surface area contributed by atoms with Gasteiger partial charge in [0.05, 0.1) is 12.4 Å². The van der Waals surface area contributed by atoms with Gasteiger partial charge in [0.25, 0.3) is 0 Å². The van der Waals surface area contributed by atoms with E-state index in [1.807, 2.05) is 0 Å². The van der Waals surface area contributed by atoms with Crippen molar-refractivity contribution in [3.63, 3.8) is 0 Å². The molecule has 0 fully saturated rings. The van der Waals surface area contributed by atoms with Crippen LogP contribution in [-0.2, 0) is 4.84 Å². The van der Waals surface area contributed by atoms with Crippen LogP contribution < -0.4 is 10.2 Å². The summed E-state index contributed by atoms with van der Waals surface area (Å²) < 4.78 is 33.4. The van der Waals surface area contributed by atoms with Gasteiger partial charge in [-0.15, -0.1) is 0 Å². The molecule has 2 aromatic carbocycles. The van der Waals surface area contributed by atoms with Crippen LogP contribution in [0.1, 0.15) is 11.7 Å². The quantitative estimate of drug-likeness (QED) is 0.770. The summed E-state index contributed by atoms with van der Waals surface area (Å²) in [7, 11) is 0. The highest BCUT2D eigenvalue weighted by molar-refractivity contribution is 5.64. The number of nitrogens with one attached hydrogen (secondary N) is 1. The number of nitrogens with zero attached hydrogens (tertiary/aromatic N) is 2. The molecule has 4 rings (SSSR count). The van der Waals surface area contributed by atoms with E-state index in [1.54, 1.807) is 30.3 Å². The van der Waals surface area contributed by atoms with Crippen molar-refractivity contribution < 1.29 is 18.4 Å². The maximum atomic E-state index is 14.6. The Hall–Kier alpha value is -3.32. The zero-order valence-electron chi connectivity index (χ0n) is 13.4. The molecule has 1 N–H and O–H groups in total. The summed E-state index contributed by atoms with van der Waals surface area (Å²) in [6, 6.07) is 10.7. The fourth-order valence-electron chi connectivity index (χ4n) is 2.61. The van der Waals surface area contributed by atoms with E-state index in [2.05, 4.69) is 15.4 Å². The monoisotopic (exact) mass is 353 g/mol. The second kappa shape index (κ2) is 6.89. The third-order valence-electron chi connectivity index (χ3n) is 3.82. The standard InChI is InChI=1S/C19H13F2N3O2/c20-14-3-1-2-12(6-14)13-4-5-16(17(21)7-13)18-8-19(24-26-18)25-15-9-22-11-23-10-15/h1-11,18,24H. The van der Waals surface area contributed by atoms with Gasteiger partial charge in [0, 0.05) is 11.6 Å². The second-order valence-electron chi connectivity index (χ2n) is 5.59. The van der Waals surface area contributed by atoms with E-state index in [9.17, 15) is 8.78 Å². The summed E-state index contributed by atoms with van der Waals surface area (Å²) in [5.41, 5.74) is 4.12. The number of ether oxygens (including phenoxy) is 1. The number of aromatic nitrogens is 2. The molecule has 0 saturated carbocycles. The first kappa shape index (κ1) is 16.2. The Balaban J connectivity index is 1.55. The lowest BCUT2D eigenvalue weighted by Crippen LogP contribution is -2.12. The molecule has 2 heterocycles. The number of halogens is 2. The van der Waals surface area contributed by atoms with Crippen LogP contribution in [0.15, 0.2) is 73.1 Å². The number of hydroxylamine groups is 1. The topological polar surface area (TPSA) is 56.3 Å². The minimum Gasteiger partial charge on any atom is -0.436 e. The molecule has 0 saturated heterocycles. The minimum absolute atomic E-state index is 0.318. The molecule has 0 aliphatic carbocycles. The molecule has 3 aromatic rings. The highest BCUT2D eigenvalue weighted by Gasteiger charge is 2.23. The number of benzene rings is 2. The van der Waals surface area contributed by atoms with Gasteiger partial charge in [-0.05, 0) is 29.3 Å². The Bertz CT molecular complexity index is 964. The molecule has 0 amide bonds. The molecule has 7 heteroatoms. The summed E-state index contributed by atoms with van der Waals surface area (Å²) in [6.45, 7) is 0. The Labute approximate surface area is 147 Å². The molecule has 1 atom stereocenters. The fraction of sp³-hybridized carbons (Fsp3) is 0.0526. The molecule has 5 nitrogen and oxygen atoms in total. The fourth-order valence-corrected chi connectivity index (χ4v) is 2.61. The van der Waals surface area contributed by atoms with Gasteiger partial charge >= 0.3 is 0 Å². The molecule has 130 valence electrons. The summed E-state index contributed by atoms with van der Waals surface area (Å²) in [5, 5.41) is 0. The normalized spacial score (nSPS) is 16.1. The van der Waals surface area contributed by atoms with Crippen molar-refractivity contribution >= 4 is 0 Å². The molecule has 1 aliphatic heterocycles. The van der Waals surface area contributed by atoms with E-state index in [4.69, 9.17) is 9.57 Å². The number of rotatable bonds is 4. The Kier molecular flexibility index (Phi) is 4.28. The van der Waals surface area contributed by atoms with Gasteiger partial charge in [0.1, 0.15) is 24.1 Å². The molecule has 26 heavy (non-hydrogen) atoms. The van der Waals surface area contributed by atoms with Gasteiger partial charge < -0.3 is 4.74 Å². The van der Waals surface area contributed by atoms with E-state index in [0.29, 0.717) is 28.3 Å². The van der Waals surface area contributed by atoms with Crippen LogP contribution in [0.25, 0.3) is 11.1 Å². The largest absolute Gasteiger partial charge is 0.436 e. The Morgan fingerprint density at radius 1 is 1.00 bits per heavy atom. The molecule has 1 aromatic heterocycles. The van der Waals surface area contributed by atoms with Crippen LogP contribution in [0.5, 0.6) is 5.75 Å². The lowest BCUT2D eigenvalue weighted by molar-refractivity contribution is 0.0256. The molecule has 0 spiro atoms. The van der Waals surface area contributed by atoms with E-state index in [-0.39, 0.29) is 5.82 Å². The van der Waals surface area contributed by atoms with Crippen molar-refractivity contribution in [2.45, 2.75) is 6.10 Å². The van der Waals surface area contributed by atoms with E-state index in [0.717, 1.165) is 0 Å². The lowest BCUT2D eigenvalue weighted by Gasteiger charge is -2.10. The summed E-state index contributed by atoms with van der Waals surface area (Å²) in [4.78, 5) is 13.0. The molecular weight excluding hydrogens is 340 g/mol. The van der Waals surface area contributed by atoms with Crippen molar-refractivity contribution in [2.24, 2.45) is 0 Å². The molecular formula is C19H13F2N3O2. The molecule has 1 unspecified atom stereocenters. The van der Waals surface area contributed by atoms with Crippen LogP contribution in [0.3, 0.4) is 0 Å². The lowest BCUT2D eigenvalue weighted by atomic mass is 10.0. The SMILES string of the molecule is Fc1cccc(-c2ccc(C3C=C(Oc4cncnc4)NO3)c(F)c2)c1. The van der Waals surface area contributed by atoms with Crippen molar-refractivity contribution in [3.05, 3.63) is 90.3 Å². The number of hydrogen-bond acceptors (Lipinski definition) is 5. The van der Waals surface area contributed by atoms with Crippen LogP contribution in [0, 0.1) is 11.6 Å². The van der Waals surface area contributed by atoms with Gasteiger partial charge in [0.15, 0.2) is 5.75 Å². The van der Waals surface area contributed by atoms with E-state index < -0.39 is 11.9 Å². The zero-order valence-corrected chi connectivity index (χ0v) is 13.4. The Morgan fingerprint density at radius 2 is 1.81 bits per heavy atom. The average molecular weight is 353 g/mol. The number of hydrogen-bond donors (Lipinski definition) is 1. The summed E-state index contributed by atoms with van der Waals surface area (Å²) in [5.74, 6) is -0.0835. The van der Waals surface area contributed by atoms with Crippen LogP contribution in [0.4, 0.5) is 8.78 Å². The maximum Gasteiger partial charge on any atom is 0.216 e. The summed E-state index contributed by atoms with van der Waals surface area (Å²) in [6.07, 6.45) is 5.33. The van der Waals surface area contributed by atoms with Crippen molar-refractivity contribution in [3.8, 4) is 16.9 Å². The second-order valence-corrected chi connectivity index (χ2v) is 5.59. The smallest absolute Gasteiger partial charge is 0.216 e. The predicted octanol–water partition coefficient (Wildman–Crippen LogP) is 3.92. The van der Waals surface area contributed by atoms with Crippen LogP contribution >= 0.6 is 0 Å². The third-order valence-corrected chi connectivity index (χ3v) is 3.82. The van der Waals surface area contributed by atoms with Gasteiger partial charge in [-0.3, -0.25) is 4.84 Å². The molecule has 0 bridgehead atoms. The maximum absolute atomic E-state index is 14.6. The zero-order chi connectivity index (χ0) is 17.9. The van der Waals surface area contributed by atoms with Gasteiger partial charge in [-0.25, -0.2) is 24.2 Å². The first-order chi connectivity index (χ1) is 12.7. The van der Waals surface area contributed by atoms with Crippen molar-refractivity contribution in [2.75, 3.05) is 0 Å². The van der Waals surface area contributed by atoms with Crippen LogP contribution in [-0.4, -0.2) is 9.97 Å². The van der Waals surface area contributed by atoms with Gasteiger partial charge in [0.2, 0.25) is 5.88 Å².